The zero-order valence-corrected chi connectivity index (χ0v) is 10.6. The van der Waals surface area contributed by atoms with E-state index in [9.17, 15) is 9.59 Å². The SMILES string of the molecule is Cl.NC(N)=N/N=C/CN1C(=O)c2ccccc2C1=O. The molecule has 0 aromatic heterocycles. The van der Waals surface area contributed by atoms with Crippen molar-refractivity contribution < 1.29 is 9.59 Å². The molecule has 0 saturated heterocycles. The molecule has 2 amide bonds. The number of guanidine groups is 1. The number of fused-ring (bicyclic) bond motifs is 1. The molecule has 8 heteroatoms. The second-order valence-electron chi connectivity index (χ2n) is 3.59. The predicted octanol–water partition coefficient (Wildman–Crippen LogP) is -0.0364. The van der Waals surface area contributed by atoms with Gasteiger partial charge in [-0.2, -0.15) is 5.10 Å². The highest BCUT2D eigenvalue weighted by Gasteiger charge is 2.34. The smallest absolute Gasteiger partial charge is 0.261 e. The van der Waals surface area contributed by atoms with Gasteiger partial charge in [-0.05, 0) is 12.1 Å². The normalized spacial score (nSPS) is 13.4. The van der Waals surface area contributed by atoms with Crippen molar-refractivity contribution in [1.29, 1.82) is 0 Å². The fourth-order valence-electron chi connectivity index (χ4n) is 1.63. The summed E-state index contributed by atoms with van der Waals surface area (Å²) in [6.45, 7) is 0.0309. The van der Waals surface area contributed by atoms with E-state index in [4.69, 9.17) is 11.5 Å². The Morgan fingerprint density at radius 2 is 1.68 bits per heavy atom. The summed E-state index contributed by atoms with van der Waals surface area (Å²) in [4.78, 5) is 24.9. The maximum atomic E-state index is 11.9. The number of amides is 2. The minimum absolute atomic E-state index is 0. The van der Waals surface area contributed by atoms with Gasteiger partial charge < -0.3 is 11.5 Å². The molecule has 7 nitrogen and oxygen atoms in total. The van der Waals surface area contributed by atoms with Crippen LogP contribution in [0.4, 0.5) is 0 Å². The summed E-state index contributed by atoms with van der Waals surface area (Å²) in [5, 5.41) is 6.91. The fraction of sp³-hybridized carbons (Fsp3) is 0.0909. The van der Waals surface area contributed by atoms with Crippen molar-refractivity contribution in [1.82, 2.24) is 4.90 Å². The number of carbonyl (C=O) groups is 2. The van der Waals surface area contributed by atoms with Gasteiger partial charge in [0.15, 0.2) is 0 Å². The van der Waals surface area contributed by atoms with Crippen LogP contribution in [0.3, 0.4) is 0 Å². The highest BCUT2D eigenvalue weighted by molar-refractivity contribution is 6.22. The van der Waals surface area contributed by atoms with Crippen LogP contribution in [0.25, 0.3) is 0 Å². The minimum Gasteiger partial charge on any atom is -0.369 e. The molecule has 1 aromatic carbocycles. The lowest BCUT2D eigenvalue weighted by atomic mass is 10.1. The van der Waals surface area contributed by atoms with Crippen LogP contribution in [0.15, 0.2) is 34.5 Å². The number of rotatable bonds is 3. The van der Waals surface area contributed by atoms with Crippen molar-refractivity contribution in [2.75, 3.05) is 6.54 Å². The van der Waals surface area contributed by atoms with E-state index in [1.807, 2.05) is 0 Å². The number of nitrogens with zero attached hydrogens (tertiary/aromatic N) is 3. The number of carbonyl (C=O) groups excluding carboxylic acids is 2. The van der Waals surface area contributed by atoms with E-state index < -0.39 is 0 Å². The van der Waals surface area contributed by atoms with E-state index in [1.165, 1.54) is 6.21 Å². The molecule has 1 aliphatic heterocycles. The number of benzene rings is 1. The summed E-state index contributed by atoms with van der Waals surface area (Å²) in [6, 6.07) is 6.65. The zero-order chi connectivity index (χ0) is 13.1. The highest BCUT2D eigenvalue weighted by atomic mass is 35.5. The van der Waals surface area contributed by atoms with E-state index in [0.717, 1.165) is 4.90 Å². The molecule has 0 bridgehead atoms. The summed E-state index contributed by atoms with van der Waals surface area (Å²) in [5.74, 6) is -0.868. The number of imide groups is 1. The summed E-state index contributed by atoms with van der Waals surface area (Å²) >= 11 is 0. The number of hydrogen-bond acceptors (Lipinski definition) is 4. The van der Waals surface area contributed by atoms with Crippen molar-refractivity contribution in [3.8, 4) is 0 Å². The first-order valence-corrected chi connectivity index (χ1v) is 5.17. The van der Waals surface area contributed by atoms with E-state index >= 15 is 0 Å². The molecule has 1 heterocycles. The van der Waals surface area contributed by atoms with Gasteiger partial charge in [-0.25, -0.2) is 0 Å². The maximum absolute atomic E-state index is 11.9. The van der Waals surface area contributed by atoms with Crippen LogP contribution in [0.5, 0.6) is 0 Å². The highest BCUT2D eigenvalue weighted by Crippen LogP contribution is 2.21. The van der Waals surface area contributed by atoms with Gasteiger partial charge in [-0.15, -0.1) is 17.5 Å². The van der Waals surface area contributed by atoms with E-state index in [0.29, 0.717) is 11.1 Å². The summed E-state index contributed by atoms with van der Waals surface area (Å²) in [7, 11) is 0. The van der Waals surface area contributed by atoms with Gasteiger partial charge in [0.05, 0.1) is 17.7 Å². The monoisotopic (exact) mass is 281 g/mol. The predicted molar refractivity (Wildman–Crippen MR) is 73.4 cm³/mol. The summed E-state index contributed by atoms with van der Waals surface area (Å²) < 4.78 is 0. The van der Waals surface area contributed by atoms with Gasteiger partial charge in [0.2, 0.25) is 5.96 Å². The molecule has 0 spiro atoms. The number of halogens is 1. The molecule has 1 aromatic rings. The topological polar surface area (TPSA) is 114 Å². The van der Waals surface area contributed by atoms with Crippen molar-refractivity contribution in [2.45, 2.75) is 0 Å². The standard InChI is InChI=1S/C11H11N5O2.ClH/c12-11(13)15-14-5-6-16-9(17)7-3-1-2-4-8(7)10(16)18;/h1-5H,6H2,(H4,12,13,15);1H/b14-5+;. The van der Waals surface area contributed by atoms with Gasteiger partial charge in [-0.3, -0.25) is 14.5 Å². The molecule has 2 rings (SSSR count). The zero-order valence-electron chi connectivity index (χ0n) is 9.81. The minimum atomic E-state index is -0.341. The average Bonchev–Trinajstić information content (AvgIpc) is 2.59. The molecule has 0 radical (unpaired) electrons. The molecule has 0 aliphatic carbocycles. The Balaban J connectivity index is 0.00000180. The summed E-state index contributed by atoms with van der Waals surface area (Å²) in [6.07, 6.45) is 1.29. The van der Waals surface area contributed by atoms with Gasteiger partial charge in [0.25, 0.3) is 11.8 Å². The second kappa shape index (κ2) is 5.96. The number of hydrogen-bond donors (Lipinski definition) is 2. The molecule has 0 saturated carbocycles. The first-order valence-electron chi connectivity index (χ1n) is 5.17. The van der Waals surface area contributed by atoms with Gasteiger partial charge in [-0.1, -0.05) is 12.1 Å². The molecule has 0 fully saturated rings. The third-order valence-corrected chi connectivity index (χ3v) is 2.40. The van der Waals surface area contributed by atoms with Gasteiger partial charge in [0.1, 0.15) is 0 Å². The Morgan fingerprint density at radius 1 is 1.16 bits per heavy atom. The fourth-order valence-corrected chi connectivity index (χ4v) is 1.63. The molecule has 100 valence electrons. The Morgan fingerprint density at radius 3 is 2.16 bits per heavy atom. The van der Waals surface area contributed by atoms with Crippen LogP contribution in [0.1, 0.15) is 20.7 Å². The van der Waals surface area contributed by atoms with Crippen molar-refractivity contribution >= 4 is 36.4 Å². The Labute approximate surface area is 115 Å². The first kappa shape index (κ1) is 14.7. The molecule has 1 aliphatic rings. The Bertz CT molecular complexity index is 531. The Kier molecular flexibility index (Phi) is 4.60. The van der Waals surface area contributed by atoms with Crippen LogP contribution >= 0.6 is 12.4 Å². The lowest BCUT2D eigenvalue weighted by molar-refractivity contribution is 0.0679. The van der Waals surface area contributed by atoms with Crippen LogP contribution in [0, 0.1) is 0 Å². The lowest BCUT2D eigenvalue weighted by Crippen LogP contribution is -2.31. The molecular formula is C11H12ClN5O2. The van der Waals surface area contributed by atoms with Crippen LogP contribution in [-0.4, -0.2) is 35.4 Å². The van der Waals surface area contributed by atoms with Gasteiger partial charge in [0, 0.05) is 6.21 Å². The van der Waals surface area contributed by atoms with Crippen LogP contribution < -0.4 is 11.5 Å². The molecule has 19 heavy (non-hydrogen) atoms. The number of nitrogens with two attached hydrogens (primary N) is 2. The second-order valence-corrected chi connectivity index (χ2v) is 3.59. The largest absolute Gasteiger partial charge is 0.369 e. The van der Waals surface area contributed by atoms with Crippen molar-refractivity contribution in [3.05, 3.63) is 35.4 Å². The third-order valence-electron chi connectivity index (χ3n) is 2.40. The van der Waals surface area contributed by atoms with E-state index in [2.05, 4.69) is 10.2 Å². The van der Waals surface area contributed by atoms with E-state index in [-0.39, 0.29) is 36.7 Å². The molecule has 4 N–H and O–H groups in total. The molecular weight excluding hydrogens is 270 g/mol. The van der Waals surface area contributed by atoms with Crippen LogP contribution in [-0.2, 0) is 0 Å². The third kappa shape index (κ3) is 2.89. The average molecular weight is 282 g/mol. The van der Waals surface area contributed by atoms with E-state index in [1.54, 1.807) is 24.3 Å². The van der Waals surface area contributed by atoms with Crippen molar-refractivity contribution in [3.63, 3.8) is 0 Å². The Hall–Kier alpha value is -2.41. The van der Waals surface area contributed by atoms with Gasteiger partial charge >= 0.3 is 0 Å². The lowest BCUT2D eigenvalue weighted by Gasteiger charge is -2.09. The summed E-state index contributed by atoms with van der Waals surface area (Å²) in [5.41, 5.74) is 11.0. The maximum Gasteiger partial charge on any atom is 0.261 e. The quantitative estimate of drug-likeness (QED) is 0.350. The van der Waals surface area contributed by atoms with Crippen LogP contribution in [0.2, 0.25) is 0 Å². The molecule has 0 unspecified atom stereocenters. The molecule has 0 atom stereocenters. The first-order chi connectivity index (χ1) is 8.61. The van der Waals surface area contributed by atoms with Crippen molar-refractivity contribution in [2.24, 2.45) is 21.7 Å².